The van der Waals surface area contributed by atoms with Gasteiger partial charge in [-0.3, -0.25) is 0 Å². The third kappa shape index (κ3) is 3.58. The van der Waals surface area contributed by atoms with Crippen molar-refractivity contribution in [3.8, 4) is 11.6 Å². The Labute approximate surface area is 128 Å². The van der Waals surface area contributed by atoms with E-state index in [-0.39, 0.29) is 6.04 Å². The van der Waals surface area contributed by atoms with Crippen molar-refractivity contribution in [3.05, 3.63) is 52.1 Å². The summed E-state index contributed by atoms with van der Waals surface area (Å²) in [6.45, 7) is 6.22. The summed E-state index contributed by atoms with van der Waals surface area (Å²) >= 11 is 3.49. The summed E-state index contributed by atoms with van der Waals surface area (Å²) in [5.74, 6) is 1.78. The molecule has 1 aromatic heterocycles. The summed E-state index contributed by atoms with van der Waals surface area (Å²) in [6, 6.07) is 9.76. The highest BCUT2D eigenvalue weighted by Crippen LogP contribution is 2.32. The highest BCUT2D eigenvalue weighted by molar-refractivity contribution is 9.10. The van der Waals surface area contributed by atoms with Crippen LogP contribution in [0, 0.1) is 0 Å². The fourth-order valence-electron chi connectivity index (χ4n) is 1.94. The molecule has 0 spiro atoms. The topological polar surface area (TPSA) is 48.1 Å². The quantitative estimate of drug-likeness (QED) is 0.875. The summed E-state index contributed by atoms with van der Waals surface area (Å²) in [7, 11) is 0. The summed E-state index contributed by atoms with van der Waals surface area (Å²) in [5.41, 5.74) is 8.04. The maximum atomic E-state index is 5.93. The van der Waals surface area contributed by atoms with Gasteiger partial charge in [-0.1, -0.05) is 29.8 Å². The SMILES string of the molecule is CC(C)c1cc(Br)ccc1Oc1cc(C(C)N)ccn1. The van der Waals surface area contributed by atoms with Crippen LogP contribution in [0.15, 0.2) is 41.0 Å². The van der Waals surface area contributed by atoms with Crippen LogP contribution in [-0.2, 0) is 0 Å². The standard InChI is InChI=1S/C16H19BrN2O/c1-10(2)14-9-13(17)4-5-15(14)20-16-8-12(11(3)18)6-7-19-16/h4-11H,18H2,1-3H3. The molecule has 0 aliphatic carbocycles. The van der Waals surface area contributed by atoms with Gasteiger partial charge in [0.15, 0.2) is 0 Å². The van der Waals surface area contributed by atoms with Crippen molar-refractivity contribution in [2.24, 2.45) is 5.73 Å². The van der Waals surface area contributed by atoms with Gasteiger partial charge in [-0.2, -0.15) is 0 Å². The Morgan fingerprint density at radius 1 is 1.15 bits per heavy atom. The highest BCUT2D eigenvalue weighted by Gasteiger charge is 2.11. The molecule has 106 valence electrons. The molecule has 2 aromatic rings. The molecule has 1 aromatic carbocycles. The Bertz CT molecular complexity index is 597. The molecule has 2 N–H and O–H groups in total. The first-order chi connectivity index (χ1) is 9.47. The van der Waals surface area contributed by atoms with Gasteiger partial charge < -0.3 is 10.5 Å². The van der Waals surface area contributed by atoms with Gasteiger partial charge in [0.25, 0.3) is 0 Å². The molecule has 4 heteroatoms. The minimum Gasteiger partial charge on any atom is -0.439 e. The van der Waals surface area contributed by atoms with E-state index >= 15 is 0 Å². The van der Waals surface area contributed by atoms with Crippen molar-refractivity contribution in [1.29, 1.82) is 0 Å². The number of halogens is 1. The van der Waals surface area contributed by atoms with Gasteiger partial charge in [0.1, 0.15) is 5.75 Å². The largest absolute Gasteiger partial charge is 0.439 e. The van der Waals surface area contributed by atoms with Crippen LogP contribution < -0.4 is 10.5 Å². The molecule has 1 unspecified atom stereocenters. The van der Waals surface area contributed by atoms with Gasteiger partial charge in [-0.25, -0.2) is 4.98 Å². The molecule has 20 heavy (non-hydrogen) atoms. The average molecular weight is 335 g/mol. The molecule has 1 heterocycles. The van der Waals surface area contributed by atoms with Crippen molar-refractivity contribution >= 4 is 15.9 Å². The van der Waals surface area contributed by atoms with E-state index in [9.17, 15) is 0 Å². The van der Waals surface area contributed by atoms with Crippen LogP contribution in [-0.4, -0.2) is 4.98 Å². The Kier molecular flexibility index (Phi) is 4.78. The van der Waals surface area contributed by atoms with Crippen molar-refractivity contribution < 1.29 is 4.74 Å². The molecule has 0 aliphatic rings. The van der Waals surface area contributed by atoms with E-state index in [1.54, 1.807) is 6.20 Å². The second-order valence-electron chi connectivity index (χ2n) is 5.15. The summed E-state index contributed by atoms with van der Waals surface area (Å²) in [5, 5.41) is 0. The third-order valence-electron chi connectivity index (χ3n) is 3.09. The van der Waals surface area contributed by atoms with Crippen LogP contribution in [0.5, 0.6) is 11.6 Å². The molecule has 0 saturated heterocycles. The van der Waals surface area contributed by atoms with Crippen molar-refractivity contribution in [1.82, 2.24) is 4.98 Å². The van der Waals surface area contributed by atoms with Crippen molar-refractivity contribution in [2.45, 2.75) is 32.7 Å². The zero-order chi connectivity index (χ0) is 14.7. The number of benzene rings is 1. The van der Waals surface area contributed by atoms with Crippen LogP contribution in [0.2, 0.25) is 0 Å². The van der Waals surface area contributed by atoms with E-state index in [1.165, 1.54) is 0 Å². The first-order valence-electron chi connectivity index (χ1n) is 6.66. The van der Waals surface area contributed by atoms with Crippen LogP contribution in [0.1, 0.15) is 43.9 Å². The Morgan fingerprint density at radius 2 is 1.90 bits per heavy atom. The lowest BCUT2D eigenvalue weighted by atomic mass is 10.0. The second kappa shape index (κ2) is 6.37. The molecule has 1 atom stereocenters. The molecule has 0 saturated carbocycles. The molecule has 0 aliphatic heterocycles. The minimum absolute atomic E-state index is 0.0326. The molecule has 0 amide bonds. The van der Waals surface area contributed by atoms with E-state index in [0.29, 0.717) is 11.8 Å². The maximum absolute atomic E-state index is 5.93. The molecule has 0 fully saturated rings. The fraction of sp³-hybridized carbons (Fsp3) is 0.312. The molecule has 3 nitrogen and oxygen atoms in total. The maximum Gasteiger partial charge on any atom is 0.219 e. The number of pyridine rings is 1. The average Bonchev–Trinajstić information content (AvgIpc) is 2.41. The summed E-state index contributed by atoms with van der Waals surface area (Å²) < 4.78 is 6.98. The number of ether oxygens (including phenoxy) is 1. The van der Waals surface area contributed by atoms with Gasteiger partial charge in [-0.15, -0.1) is 0 Å². The smallest absolute Gasteiger partial charge is 0.219 e. The normalized spacial score (nSPS) is 12.5. The van der Waals surface area contributed by atoms with Gasteiger partial charge >= 0.3 is 0 Å². The molecule has 2 rings (SSSR count). The van der Waals surface area contributed by atoms with E-state index in [4.69, 9.17) is 10.5 Å². The zero-order valence-corrected chi connectivity index (χ0v) is 13.5. The predicted octanol–water partition coefficient (Wildman–Crippen LogP) is 4.78. The lowest BCUT2D eigenvalue weighted by Gasteiger charge is -2.14. The highest BCUT2D eigenvalue weighted by atomic mass is 79.9. The molecule has 0 radical (unpaired) electrons. The Hall–Kier alpha value is -1.39. The number of aromatic nitrogens is 1. The van der Waals surface area contributed by atoms with E-state index in [1.807, 2.05) is 31.2 Å². The summed E-state index contributed by atoms with van der Waals surface area (Å²) in [6.07, 6.45) is 1.72. The fourth-order valence-corrected chi connectivity index (χ4v) is 2.32. The van der Waals surface area contributed by atoms with Gasteiger partial charge in [0, 0.05) is 22.8 Å². The first-order valence-corrected chi connectivity index (χ1v) is 7.45. The van der Waals surface area contributed by atoms with Crippen LogP contribution >= 0.6 is 15.9 Å². The zero-order valence-electron chi connectivity index (χ0n) is 11.9. The number of hydrogen-bond donors (Lipinski definition) is 1. The number of rotatable bonds is 4. The second-order valence-corrected chi connectivity index (χ2v) is 6.07. The Balaban J connectivity index is 2.32. The number of nitrogens with two attached hydrogens (primary N) is 1. The van der Waals surface area contributed by atoms with Gasteiger partial charge in [0.05, 0.1) is 0 Å². The van der Waals surface area contributed by atoms with Crippen LogP contribution in [0.25, 0.3) is 0 Å². The van der Waals surface area contributed by atoms with Crippen molar-refractivity contribution in [3.63, 3.8) is 0 Å². The van der Waals surface area contributed by atoms with E-state index < -0.39 is 0 Å². The summed E-state index contributed by atoms with van der Waals surface area (Å²) in [4.78, 5) is 4.25. The molecule has 0 bridgehead atoms. The monoisotopic (exact) mass is 334 g/mol. The molecular weight excluding hydrogens is 316 g/mol. The van der Waals surface area contributed by atoms with E-state index in [0.717, 1.165) is 21.3 Å². The predicted molar refractivity (Wildman–Crippen MR) is 85.1 cm³/mol. The van der Waals surface area contributed by atoms with Gasteiger partial charge in [-0.05, 0) is 48.2 Å². The van der Waals surface area contributed by atoms with Crippen molar-refractivity contribution in [2.75, 3.05) is 0 Å². The van der Waals surface area contributed by atoms with Crippen LogP contribution in [0.4, 0.5) is 0 Å². The first kappa shape index (κ1) is 15.0. The Morgan fingerprint density at radius 3 is 2.55 bits per heavy atom. The van der Waals surface area contributed by atoms with Gasteiger partial charge in [0.2, 0.25) is 5.88 Å². The lowest BCUT2D eigenvalue weighted by molar-refractivity contribution is 0.453. The van der Waals surface area contributed by atoms with E-state index in [2.05, 4.69) is 40.8 Å². The lowest BCUT2D eigenvalue weighted by Crippen LogP contribution is -2.05. The molecular formula is C16H19BrN2O. The number of nitrogens with zero attached hydrogens (tertiary/aromatic N) is 1. The number of hydrogen-bond acceptors (Lipinski definition) is 3. The van der Waals surface area contributed by atoms with Crippen LogP contribution in [0.3, 0.4) is 0 Å². The minimum atomic E-state index is -0.0326. The third-order valence-corrected chi connectivity index (χ3v) is 3.59.